The second-order valence-electron chi connectivity index (χ2n) is 9.02. The zero-order chi connectivity index (χ0) is 31.4. The summed E-state index contributed by atoms with van der Waals surface area (Å²) in [5.74, 6) is -4.19. The molecule has 1 fully saturated rings. The number of oxime groups is 1. The Morgan fingerprint density at radius 3 is 2.37 bits per heavy atom. The monoisotopic (exact) mass is 650 g/mol. The molecule has 0 saturated carbocycles. The molecular weight excluding hydrogens is 627 g/mol. The number of nitrogens with two attached hydrogens (primary N) is 1. The van der Waals surface area contributed by atoms with Crippen molar-refractivity contribution in [2.24, 2.45) is 5.16 Å². The van der Waals surface area contributed by atoms with Gasteiger partial charge in [-0.05, 0) is 31.5 Å². The number of anilines is 1. The summed E-state index contributed by atoms with van der Waals surface area (Å²) in [7, 11) is -5.29. The number of nitro benzene ring substituents is 1. The van der Waals surface area contributed by atoms with Crippen molar-refractivity contribution in [2.45, 2.75) is 45.1 Å². The fraction of sp³-hybridized carbons (Fsp3) is 0.364. The van der Waals surface area contributed by atoms with Crippen LogP contribution in [0.3, 0.4) is 0 Å². The van der Waals surface area contributed by atoms with Gasteiger partial charge in [-0.25, -0.2) is 22.5 Å². The molecule has 1 saturated heterocycles. The summed E-state index contributed by atoms with van der Waals surface area (Å²) in [4.78, 5) is 68.8. The Labute approximate surface area is 269 Å². The molecular formula is C22H23N6NaO12S2. The van der Waals surface area contributed by atoms with Crippen LogP contribution in [0.15, 0.2) is 34.8 Å². The van der Waals surface area contributed by atoms with E-state index in [0.29, 0.717) is 5.56 Å². The van der Waals surface area contributed by atoms with Gasteiger partial charge in [-0.1, -0.05) is 5.16 Å². The third kappa shape index (κ3) is 8.91. The van der Waals surface area contributed by atoms with Gasteiger partial charge in [0.15, 0.2) is 21.1 Å². The molecule has 18 nitrogen and oxygen atoms in total. The maximum atomic E-state index is 13.1. The second-order valence-corrected chi connectivity index (χ2v) is 11.2. The predicted molar refractivity (Wildman–Crippen MR) is 140 cm³/mol. The summed E-state index contributed by atoms with van der Waals surface area (Å²) in [5.41, 5.74) is 3.41. The van der Waals surface area contributed by atoms with E-state index in [-0.39, 0.29) is 57.0 Å². The Bertz CT molecular complexity index is 1540. The van der Waals surface area contributed by atoms with Crippen molar-refractivity contribution in [1.29, 1.82) is 0 Å². The molecule has 1 aliphatic heterocycles. The van der Waals surface area contributed by atoms with Crippen LogP contribution in [0.5, 0.6) is 0 Å². The number of hydrogen-bond acceptors (Lipinski definition) is 16. The number of nitrogen functional groups attached to an aromatic ring is 1. The molecule has 1 aromatic heterocycles. The van der Waals surface area contributed by atoms with E-state index < -0.39 is 69.0 Å². The van der Waals surface area contributed by atoms with E-state index in [1.165, 1.54) is 43.5 Å². The number of ether oxygens (including phenoxy) is 2. The molecule has 1 aliphatic rings. The van der Waals surface area contributed by atoms with E-state index >= 15 is 0 Å². The Hall–Kier alpha value is -3.69. The quantitative estimate of drug-likeness (QED) is 0.0431. The average molecular weight is 651 g/mol. The molecule has 0 radical (unpaired) electrons. The molecule has 2 amide bonds. The first-order chi connectivity index (χ1) is 19.5. The number of carbonyl (C=O) groups excluding carboxylic acids is 4. The summed E-state index contributed by atoms with van der Waals surface area (Å²) in [6, 6.07) is 2.09. The van der Waals surface area contributed by atoms with Crippen LogP contribution in [-0.2, 0) is 50.4 Å². The Kier molecular flexibility index (Phi) is 11.7. The van der Waals surface area contributed by atoms with Crippen LogP contribution in [-0.4, -0.2) is 80.9 Å². The van der Waals surface area contributed by atoms with E-state index in [4.69, 9.17) is 20.0 Å². The third-order valence-electron chi connectivity index (χ3n) is 5.51. The fourth-order valence-corrected chi connectivity index (χ4v) is 4.76. The number of β-lactam (4-membered cyclic amide) rings is 1. The van der Waals surface area contributed by atoms with Gasteiger partial charge in [0.2, 0.25) is 5.60 Å². The van der Waals surface area contributed by atoms with Crippen LogP contribution in [0.1, 0.15) is 32.0 Å². The molecule has 21 heteroatoms. The topological polar surface area (TPSA) is 263 Å². The van der Waals surface area contributed by atoms with Gasteiger partial charge in [0.05, 0.1) is 4.92 Å². The normalized spacial score (nSPS) is 16.8. The summed E-state index contributed by atoms with van der Waals surface area (Å²) < 4.78 is 44.3. The van der Waals surface area contributed by atoms with E-state index in [2.05, 4.69) is 15.5 Å². The number of carbonyl (C=O) groups is 4. The van der Waals surface area contributed by atoms with Crippen LogP contribution < -0.4 is 40.6 Å². The number of nitro groups is 1. The van der Waals surface area contributed by atoms with Crippen LogP contribution in [0.25, 0.3) is 0 Å². The molecule has 0 spiro atoms. The van der Waals surface area contributed by atoms with Crippen molar-refractivity contribution in [1.82, 2.24) is 14.6 Å². The van der Waals surface area contributed by atoms with Crippen LogP contribution in [0.4, 0.5) is 10.8 Å². The van der Waals surface area contributed by atoms with Crippen molar-refractivity contribution in [3.63, 3.8) is 0 Å². The maximum Gasteiger partial charge on any atom is 1.00 e. The first kappa shape index (κ1) is 35.5. The Balaban J connectivity index is 0.00000645. The summed E-state index contributed by atoms with van der Waals surface area (Å²) in [6.45, 7) is 2.56. The molecule has 1 aromatic carbocycles. The molecule has 226 valence electrons. The minimum Gasteiger partial charge on any atom is -0.731 e. The van der Waals surface area contributed by atoms with Gasteiger partial charge in [-0.2, -0.15) is 0 Å². The minimum atomic E-state index is -5.29. The van der Waals surface area contributed by atoms with Gasteiger partial charge in [0, 0.05) is 24.4 Å². The van der Waals surface area contributed by atoms with Gasteiger partial charge in [-0.3, -0.25) is 24.5 Å². The second kappa shape index (κ2) is 14.2. The van der Waals surface area contributed by atoms with E-state index in [0.717, 1.165) is 18.3 Å². The zero-order valence-electron chi connectivity index (χ0n) is 23.0. The standard InChI is InChI=1S/C22H24N6O12S2.Na/c1-11(29)38-9-15-17(19(31)27(15)42(35,36)37)25-18(30)16(14-10-41-21(23)24-14)26-40-22(2,3)20(32)39-8-12-4-6-13(7-5-12)28(33)34;/h4-7,10,15,17H,8-9H2,1-3H3,(H2,23,24)(H,25,30)(H,35,36,37);/q;+1/p-1/b26-16-;/t15-,17+;/m0./s1. The van der Waals surface area contributed by atoms with Crippen molar-refractivity contribution in [2.75, 3.05) is 12.3 Å². The largest absolute Gasteiger partial charge is 1.00 e. The van der Waals surface area contributed by atoms with Gasteiger partial charge in [0.1, 0.15) is 31.0 Å². The zero-order valence-corrected chi connectivity index (χ0v) is 26.7. The van der Waals surface area contributed by atoms with Gasteiger partial charge < -0.3 is 29.9 Å². The number of esters is 2. The predicted octanol–water partition coefficient (Wildman–Crippen LogP) is -3.40. The van der Waals surface area contributed by atoms with Gasteiger partial charge >= 0.3 is 41.5 Å². The molecule has 43 heavy (non-hydrogen) atoms. The van der Waals surface area contributed by atoms with E-state index in [1.54, 1.807) is 0 Å². The first-order valence-corrected chi connectivity index (χ1v) is 13.9. The first-order valence-electron chi connectivity index (χ1n) is 11.6. The molecule has 3 rings (SSSR count). The van der Waals surface area contributed by atoms with Crippen molar-refractivity contribution in [3.05, 3.63) is 51.0 Å². The summed E-state index contributed by atoms with van der Waals surface area (Å²) in [6.07, 6.45) is 0. The molecule has 2 heterocycles. The Morgan fingerprint density at radius 1 is 1.23 bits per heavy atom. The number of aromatic nitrogens is 1. The number of hydrogen-bond donors (Lipinski definition) is 2. The number of amides is 2. The average Bonchev–Trinajstić information content (AvgIpc) is 3.32. The van der Waals surface area contributed by atoms with Crippen LogP contribution in [0.2, 0.25) is 0 Å². The number of rotatable bonds is 12. The number of benzene rings is 1. The number of nitrogens with zero attached hydrogens (tertiary/aromatic N) is 4. The molecule has 0 aliphatic carbocycles. The van der Waals surface area contributed by atoms with E-state index in [9.17, 15) is 42.3 Å². The van der Waals surface area contributed by atoms with Crippen LogP contribution in [0, 0.1) is 10.1 Å². The number of thiazole rings is 1. The van der Waals surface area contributed by atoms with Crippen LogP contribution >= 0.6 is 11.3 Å². The van der Waals surface area contributed by atoms with Gasteiger partial charge in [-0.15, -0.1) is 11.3 Å². The molecule has 2 atom stereocenters. The minimum absolute atomic E-state index is 0. The molecule has 3 N–H and O–H groups in total. The number of nitrogens with one attached hydrogen (secondary N) is 1. The summed E-state index contributed by atoms with van der Waals surface area (Å²) in [5, 5.41) is 18.0. The van der Waals surface area contributed by atoms with E-state index in [1.807, 2.05) is 0 Å². The van der Waals surface area contributed by atoms with Crippen molar-refractivity contribution < 1.29 is 80.9 Å². The van der Waals surface area contributed by atoms with Crippen molar-refractivity contribution >= 4 is 61.9 Å². The SMILES string of the molecule is CC(=O)OC[C@H]1[C@@H](NC(=O)/C(=N\OC(C)(C)C(=O)OCc2ccc([N+](=O)[O-])cc2)c2csc(N)n2)C(=O)N1S(=O)(=O)[O-].[Na+]. The number of non-ortho nitro benzene ring substituents is 1. The smallest absolute Gasteiger partial charge is 0.731 e. The van der Waals surface area contributed by atoms with Gasteiger partial charge in [0.25, 0.3) is 17.5 Å². The fourth-order valence-electron chi connectivity index (χ4n) is 3.36. The molecule has 2 aromatic rings. The molecule has 0 unspecified atom stereocenters. The third-order valence-corrected chi connectivity index (χ3v) is 7.11. The molecule has 0 bridgehead atoms. The maximum absolute atomic E-state index is 13.1. The Morgan fingerprint density at radius 2 is 1.86 bits per heavy atom. The van der Waals surface area contributed by atoms with Crippen molar-refractivity contribution in [3.8, 4) is 0 Å². The summed E-state index contributed by atoms with van der Waals surface area (Å²) >= 11 is 0.916.